The number of hydrogen-bond acceptors (Lipinski definition) is 9. The minimum absolute atomic E-state index is 0.0444. The Balaban J connectivity index is 1.23. The number of amides is 5. The normalized spacial score (nSPS) is 29.6. The lowest BCUT2D eigenvalue weighted by Gasteiger charge is -2.30. The Morgan fingerprint density at radius 1 is 0.960 bits per heavy atom. The molecule has 14 nitrogen and oxygen atoms in total. The number of benzene rings is 1. The quantitative estimate of drug-likeness (QED) is 0.387. The number of alkyl carbamates (subject to hydrolysis) is 1. The highest BCUT2D eigenvalue weighted by Crippen LogP contribution is 2.45. The molecule has 0 unspecified atom stereocenters. The second-order valence-corrected chi connectivity index (χ2v) is 16.0. The number of sulfonamides is 1. The molecule has 2 saturated carbocycles. The number of carbonyl (C=O) groups is 5. The van der Waals surface area contributed by atoms with Crippen molar-refractivity contribution in [2.24, 2.45) is 5.92 Å². The van der Waals surface area contributed by atoms with Crippen molar-refractivity contribution >= 4 is 39.9 Å². The zero-order valence-corrected chi connectivity index (χ0v) is 29.3. The maximum absolute atomic E-state index is 14.3. The van der Waals surface area contributed by atoms with Gasteiger partial charge in [0.05, 0.1) is 12.8 Å². The molecule has 5 atom stereocenters. The average molecular weight is 714 g/mol. The summed E-state index contributed by atoms with van der Waals surface area (Å²) in [5.41, 5.74) is 0.663. The third-order valence-corrected chi connectivity index (χ3v) is 11.0. The van der Waals surface area contributed by atoms with E-state index < -0.39 is 69.6 Å². The molecule has 3 N–H and O–H groups in total. The molecule has 3 aliphatic heterocycles. The van der Waals surface area contributed by atoms with Crippen LogP contribution in [0.3, 0.4) is 0 Å². The van der Waals surface area contributed by atoms with Crippen LogP contribution in [0.2, 0.25) is 0 Å². The third kappa shape index (κ3) is 8.41. The molecule has 2 aliphatic carbocycles. The first kappa shape index (κ1) is 35.7. The third-order valence-electron chi connectivity index (χ3n) is 10.4. The molecule has 50 heavy (non-hydrogen) atoms. The van der Waals surface area contributed by atoms with Gasteiger partial charge >= 0.3 is 12.2 Å². The number of ether oxygens (including phenoxy) is 2. The van der Waals surface area contributed by atoms with E-state index in [0.29, 0.717) is 38.8 Å². The van der Waals surface area contributed by atoms with Crippen molar-refractivity contribution in [2.45, 2.75) is 113 Å². The second-order valence-electron chi connectivity index (χ2n) is 14.2. The van der Waals surface area contributed by atoms with Crippen molar-refractivity contribution < 1.29 is 41.9 Å². The average Bonchev–Trinajstić information content (AvgIpc) is 3.35. The standard InChI is InChI=1S/C35H47N5O9S/c1-50(46,47)38-32(43)35-20-25(35)13-5-3-2-4-6-16-28(36-33(44)48-26-14-9-10-15-26)31(42)40-22-27(19-29(40)30(41)37-35)49-34(45)39-18-17-23-11-7-8-12-24(23)21-39/h5,7-8,11-13,25-29H,2-4,6,9-10,14-22H2,1H3,(H,36,44)(H,37,41)(H,38,43)/b13-5-/t25-,27+,28-,29-,35-/m0/s1. The largest absolute Gasteiger partial charge is 0.446 e. The maximum Gasteiger partial charge on any atom is 0.410 e. The SMILES string of the molecule is CS(=O)(=O)NC(=O)[C@]12C[C@@H]1/C=C\CCCCC[C@H](NC(=O)OC1CCCC1)C(=O)N1C[C@H](OC(=O)N3CCc4ccccc4C3)C[C@H]1C(=O)N2. The number of rotatable bonds is 5. The number of nitrogens with zero attached hydrogens (tertiary/aromatic N) is 2. The molecule has 6 rings (SSSR count). The summed E-state index contributed by atoms with van der Waals surface area (Å²) in [4.78, 5) is 71.0. The number of carbonyl (C=O) groups excluding carboxylic acids is 5. The second kappa shape index (κ2) is 15.0. The van der Waals surface area contributed by atoms with E-state index in [0.717, 1.165) is 55.9 Å². The monoisotopic (exact) mass is 713 g/mol. The Bertz CT molecular complexity index is 1630. The highest BCUT2D eigenvalue weighted by molar-refractivity contribution is 7.89. The lowest BCUT2D eigenvalue weighted by atomic mass is 10.0. The Morgan fingerprint density at radius 3 is 2.46 bits per heavy atom. The van der Waals surface area contributed by atoms with Gasteiger partial charge in [0.1, 0.15) is 29.8 Å². The van der Waals surface area contributed by atoms with Gasteiger partial charge in [-0.1, -0.05) is 49.3 Å². The van der Waals surface area contributed by atoms with Gasteiger partial charge in [-0.05, 0) is 68.9 Å². The van der Waals surface area contributed by atoms with Crippen LogP contribution in [-0.4, -0.2) is 97.3 Å². The van der Waals surface area contributed by atoms with Crippen molar-refractivity contribution in [1.29, 1.82) is 0 Å². The van der Waals surface area contributed by atoms with Crippen molar-refractivity contribution in [3.8, 4) is 0 Å². The first-order valence-corrected chi connectivity index (χ1v) is 19.6. The van der Waals surface area contributed by atoms with Gasteiger partial charge in [0.2, 0.25) is 21.8 Å². The summed E-state index contributed by atoms with van der Waals surface area (Å²) in [6, 6.07) is 5.71. The topological polar surface area (TPSA) is 181 Å². The summed E-state index contributed by atoms with van der Waals surface area (Å²) >= 11 is 0. The fourth-order valence-corrected chi connectivity index (χ4v) is 8.15. The number of hydrogen-bond donors (Lipinski definition) is 3. The van der Waals surface area contributed by atoms with Crippen molar-refractivity contribution in [3.05, 3.63) is 47.5 Å². The lowest BCUT2D eigenvalue weighted by molar-refractivity contribution is -0.141. The summed E-state index contributed by atoms with van der Waals surface area (Å²) in [5.74, 6) is -2.50. The Hall–Kier alpha value is -4.14. The van der Waals surface area contributed by atoms with Gasteiger partial charge < -0.3 is 29.9 Å². The van der Waals surface area contributed by atoms with Gasteiger partial charge in [0.15, 0.2) is 0 Å². The van der Waals surface area contributed by atoms with Crippen LogP contribution in [0.15, 0.2) is 36.4 Å². The molecule has 5 amide bonds. The summed E-state index contributed by atoms with van der Waals surface area (Å²) in [6.45, 7) is 0.724. The first-order valence-electron chi connectivity index (χ1n) is 17.7. The van der Waals surface area contributed by atoms with Gasteiger partial charge in [0, 0.05) is 25.4 Å². The lowest BCUT2D eigenvalue weighted by Crippen LogP contribution is -2.58. The first-order chi connectivity index (χ1) is 23.9. The van der Waals surface area contributed by atoms with Gasteiger partial charge in [-0.2, -0.15) is 0 Å². The summed E-state index contributed by atoms with van der Waals surface area (Å²) in [5, 5.41) is 5.54. The van der Waals surface area contributed by atoms with E-state index in [-0.39, 0.29) is 25.5 Å². The Kier molecular flexibility index (Phi) is 10.7. The van der Waals surface area contributed by atoms with Crippen molar-refractivity contribution in [2.75, 3.05) is 19.3 Å². The molecule has 1 aromatic rings. The Morgan fingerprint density at radius 2 is 1.70 bits per heavy atom. The van der Waals surface area contributed by atoms with Crippen molar-refractivity contribution in [3.63, 3.8) is 0 Å². The molecule has 0 spiro atoms. The molecular weight excluding hydrogens is 666 g/mol. The molecule has 5 aliphatic rings. The molecule has 1 saturated heterocycles. The number of allylic oxidation sites excluding steroid dienone is 1. The molecule has 272 valence electrons. The number of nitrogens with one attached hydrogen (secondary N) is 3. The van der Waals surface area contributed by atoms with Gasteiger partial charge in [-0.3, -0.25) is 19.1 Å². The summed E-state index contributed by atoms with van der Waals surface area (Å²) < 4.78 is 37.6. The highest BCUT2D eigenvalue weighted by Gasteiger charge is 2.61. The van der Waals surface area contributed by atoms with Crippen LogP contribution >= 0.6 is 0 Å². The zero-order chi connectivity index (χ0) is 35.5. The summed E-state index contributed by atoms with van der Waals surface area (Å²) in [7, 11) is -3.93. The predicted octanol–water partition coefficient (Wildman–Crippen LogP) is 2.66. The maximum atomic E-state index is 14.3. The van der Waals surface area contributed by atoms with Crippen LogP contribution in [-0.2, 0) is 46.8 Å². The minimum Gasteiger partial charge on any atom is -0.446 e. The van der Waals surface area contributed by atoms with Crippen molar-refractivity contribution in [1.82, 2.24) is 25.2 Å². The fourth-order valence-electron chi connectivity index (χ4n) is 7.63. The highest BCUT2D eigenvalue weighted by atomic mass is 32.2. The predicted molar refractivity (Wildman–Crippen MR) is 181 cm³/mol. The van der Waals surface area contributed by atoms with Crippen LogP contribution in [0.1, 0.15) is 81.8 Å². The smallest absolute Gasteiger partial charge is 0.410 e. The molecule has 1 aromatic carbocycles. The van der Waals surface area contributed by atoms with E-state index in [1.54, 1.807) is 4.90 Å². The molecule has 0 aromatic heterocycles. The Labute approximate surface area is 292 Å². The van der Waals surface area contributed by atoms with Crippen LogP contribution in [0.4, 0.5) is 9.59 Å². The van der Waals surface area contributed by atoms with E-state index in [1.807, 2.05) is 41.1 Å². The molecule has 15 heteroatoms. The number of fused-ring (bicyclic) bond motifs is 3. The summed E-state index contributed by atoms with van der Waals surface area (Å²) in [6.07, 6.45) is 9.74. The van der Waals surface area contributed by atoms with Crippen LogP contribution in [0.25, 0.3) is 0 Å². The van der Waals surface area contributed by atoms with E-state index >= 15 is 0 Å². The van der Waals surface area contributed by atoms with Crippen LogP contribution in [0.5, 0.6) is 0 Å². The van der Waals surface area contributed by atoms with Gasteiger partial charge in [0.25, 0.3) is 5.91 Å². The zero-order valence-electron chi connectivity index (χ0n) is 28.4. The van der Waals surface area contributed by atoms with E-state index in [4.69, 9.17) is 9.47 Å². The van der Waals surface area contributed by atoms with Gasteiger partial charge in [-0.25, -0.2) is 18.0 Å². The minimum atomic E-state index is -3.93. The molecule has 0 bridgehead atoms. The van der Waals surface area contributed by atoms with E-state index in [2.05, 4.69) is 10.6 Å². The molecule has 3 heterocycles. The van der Waals surface area contributed by atoms with Crippen LogP contribution < -0.4 is 15.4 Å². The molecular formula is C35H47N5O9S. The van der Waals surface area contributed by atoms with E-state index in [9.17, 15) is 32.4 Å². The van der Waals surface area contributed by atoms with E-state index in [1.165, 1.54) is 4.90 Å². The van der Waals surface area contributed by atoms with Gasteiger partial charge in [-0.15, -0.1) is 0 Å². The molecule has 3 fully saturated rings. The fraction of sp³-hybridized carbons (Fsp3) is 0.629. The van der Waals surface area contributed by atoms with Crippen LogP contribution in [0, 0.1) is 5.92 Å². The molecule has 0 radical (unpaired) electrons.